The maximum absolute atomic E-state index is 12.6. The zero-order chi connectivity index (χ0) is 22.4. The van der Waals surface area contributed by atoms with Crippen LogP contribution in [0.3, 0.4) is 0 Å². The van der Waals surface area contributed by atoms with Crippen molar-refractivity contribution in [2.24, 2.45) is 0 Å². The summed E-state index contributed by atoms with van der Waals surface area (Å²) >= 11 is 0. The lowest BCUT2D eigenvalue weighted by Gasteiger charge is -2.18. The van der Waals surface area contributed by atoms with Gasteiger partial charge in [-0.15, -0.1) is 0 Å². The van der Waals surface area contributed by atoms with Gasteiger partial charge in [-0.25, -0.2) is 9.48 Å². The molecule has 0 radical (unpaired) electrons. The van der Waals surface area contributed by atoms with E-state index >= 15 is 0 Å². The molecule has 1 amide bonds. The maximum Gasteiger partial charge on any atom is 0.343 e. The third-order valence-corrected chi connectivity index (χ3v) is 4.71. The summed E-state index contributed by atoms with van der Waals surface area (Å²) < 4.78 is 6.62. The second-order valence-electron chi connectivity index (χ2n) is 8.07. The zero-order valence-electron chi connectivity index (χ0n) is 18.3. The molecule has 0 saturated carbocycles. The number of hydrogen-bond acceptors (Lipinski definition) is 4. The first-order valence-electron chi connectivity index (χ1n) is 10.2. The van der Waals surface area contributed by atoms with Crippen LogP contribution in [0.25, 0.3) is 11.8 Å². The molecule has 0 aliphatic heterocycles. The van der Waals surface area contributed by atoms with Gasteiger partial charge in [0.2, 0.25) is 5.91 Å². The smallest absolute Gasteiger partial charge is 0.343 e. The minimum Gasteiger partial charge on any atom is -0.462 e. The first-order chi connectivity index (χ1) is 14.8. The first-order valence-corrected chi connectivity index (χ1v) is 10.2. The molecule has 3 aromatic rings. The van der Waals surface area contributed by atoms with Crippen LogP contribution in [0.15, 0.2) is 66.9 Å². The lowest BCUT2D eigenvalue weighted by atomic mass is 9.87. The third-order valence-electron chi connectivity index (χ3n) is 4.71. The molecule has 0 fully saturated rings. The lowest BCUT2D eigenvalue weighted by Crippen LogP contribution is -2.16. The average molecular weight is 418 g/mol. The molecule has 31 heavy (non-hydrogen) atoms. The quantitative estimate of drug-likeness (QED) is 0.453. The third kappa shape index (κ3) is 5.48. The van der Waals surface area contributed by atoms with Gasteiger partial charge < -0.3 is 10.1 Å². The van der Waals surface area contributed by atoms with Crippen molar-refractivity contribution in [1.29, 1.82) is 0 Å². The van der Waals surface area contributed by atoms with E-state index in [0.717, 1.165) is 11.3 Å². The van der Waals surface area contributed by atoms with Gasteiger partial charge in [-0.1, -0.05) is 63.2 Å². The standard InChI is InChI=1S/C25H27N3O3/c1-5-31-24(30)21-17-26-28(20-9-7-6-8-10-20)23(21)27-22(29)16-13-18-11-14-19(15-12-18)25(2,3)4/h6-17H,5H2,1-4H3,(H,27,29)/b16-13+. The molecule has 6 nitrogen and oxygen atoms in total. The summed E-state index contributed by atoms with van der Waals surface area (Å²) in [6.07, 6.45) is 4.56. The van der Waals surface area contributed by atoms with E-state index in [0.29, 0.717) is 0 Å². The topological polar surface area (TPSA) is 73.2 Å². The van der Waals surface area contributed by atoms with Gasteiger partial charge in [0.25, 0.3) is 0 Å². The largest absolute Gasteiger partial charge is 0.462 e. The van der Waals surface area contributed by atoms with Crippen LogP contribution in [0.5, 0.6) is 0 Å². The lowest BCUT2D eigenvalue weighted by molar-refractivity contribution is -0.111. The van der Waals surface area contributed by atoms with E-state index in [1.165, 1.54) is 22.5 Å². The minimum atomic E-state index is -0.540. The molecule has 1 aromatic heterocycles. The number of anilines is 1. The SMILES string of the molecule is CCOC(=O)c1cnn(-c2ccccc2)c1NC(=O)/C=C/c1ccc(C(C)(C)C)cc1. The predicted octanol–water partition coefficient (Wildman–Crippen LogP) is 5.00. The van der Waals surface area contributed by atoms with Crippen LogP contribution >= 0.6 is 0 Å². The van der Waals surface area contributed by atoms with Crippen LogP contribution in [0.2, 0.25) is 0 Å². The Morgan fingerprint density at radius 1 is 1.06 bits per heavy atom. The van der Waals surface area contributed by atoms with Crippen LogP contribution in [-0.2, 0) is 14.9 Å². The second kappa shape index (κ2) is 9.43. The van der Waals surface area contributed by atoms with Crippen LogP contribution in [0.4, 0.5) is 5.82 Å². The normalized spacial score (nSPS) is 11.5. The number of carbonyl (C=O) groups excluding carboxylic acids is 2. The van der Waals surface area contributed by atoms with Crippen LogP contribution in [-0.4, -0.2) is 28.3 Å². The summed E-state index contributed by atoms with van der Waals surface area (Å²) in [7, 11) is 0. The number of para-hydroxylation sites is 1. The molecule has 1 N–H and O–H groups in total. The molecule has 0 atom stereocenters. The Labute approximate surface area is 182 Å². The molecule has 3 rings (SSSR count). The van der Waals surface area contributed by atoms with Crippen LogP contribution in [0, 0.1) is 0 Å². The molecule has 1 heterocycles. The summed E-state index contributed by atoms with van der Waals surface area (Å²) in [5.41, 5.74) is 3.11. The van der Waals surface area contributed by atoms with Crippen LogP contribution in [0.1, 0.15) is 49.2 Å². The number of benzene rings is 2. The van der Waals surface area contributed by atoms with Crippen molar-refractivity contribution in [3.05, 3.63) is 83.6 Å². The Morgan fingerprint density at radius 3 is 2.35 bits per heavy atom. The number of rotatable bonds is 6. The summed E-state index contributed by atoms with van der Waals surface area (Å²) in [5.74, 6) is -0.646. The Kier molecular flexibility index (Phi) is 6.70. The number of esters is 1. The van der Waals surface area contributed by atoms with Crippen molar-refractivity contribution in [1.82, 2.24) is 9.78 Å². The van der Waals surface area contributed by atoms with E-state index < -0.39 is 5.97 Å². The Balaban J connectivity index is 1.83. The minimum absolute atomic E-state index is 0.0684. The van der Waals surface area contributed by atoms with E-state index in [-0.39, 0.29) is 29.3 Å². The number of ether oxygens (including phenoxy) is 1. The highest BCUT2D eigenvalue weighted by molar-refractivity contribution is 6.05. The summed E-state index contributed by atoms with van der Waals surface area (Å²) in [6, 6.07) is 17.3. The molecule has 0 unspecified atom stereocenters. The van der Waals surface area contributed by atoms with Crippen molar-refractivity contribution in [3.8, 4) is 5.69 Å². The summed E-state index contributed by atoms with van der Waals surface area (Å²) in [6.45, 7) is 8.42. The van der Waals surface area contributed by atoms with Crippen molar-refractivity contribution >= 4 is 23.8 Å². The van der Waals surface area contributed by atoms with Gasteiger partial charge in [-0.05, 0) is 41.7 Å². The molecule has 0 spiro atoms. The fraction of sp³-hybridized carbons (Fsp3) is 0.240. The van der Waals surface area contributed by atoms with E-state index in [4.69, 9.17) is 4.74 Å². The van der Waals surface area contributed by atoms with Crippen LogP contribution < -0.4 is 5.32 Å². The number of nitrogens with one attached hydrogen (secondary N) is 1. The summed E-state index contributed by atoms with van der Waals surface area (Å²) in [4.78, 5) is 25.0. The molecule has 0 aliphatic rings. The zero-order valence-corrected chi connectivity index (χ0v) is 18.3. The first kappa shape index (κ1) is 22.0. The molecule has 0 saturated heterocycles. The average Bonchev–Trinajstić information content (AvgIpc) is 3.16. The molecular formula is C25H27N3O3. The highest BCUT2D eigenvalue weighted by atomic mass is 16.5. The number of aromatic nitrogens is 2. The Morgan fingerprint density at radius 2 is 1.74 bits per heavy atom. The Bertz CT molecular complexity index is 1080. The molecular weight excluding hydrogens is 390 g/mol. The second-order valence-corrected chi connectivity index (χ2v) is 8.07. The highest BCUT2D eigenvalue weighted by Crippen LogP contribution is 2.23. The van der Waals surface area contributed by atoms with E-state index in [9.17, 15) is 9.59 Å². The van der Waals surface area contributed by atoms with Crippen molar-refractivity contribution in [2.45, 2.75) is 33.1 Å². The van der Waals surface area contributed by atoms with E-state index in [2.05, 4.69) is 43.3 Å². The fourth-order valence-corrected chi connectivity index (χ4v) is 3.02. The van der Waals surface area contributed by atoms with Gasteiger partial charge in [-0.3, -0.25) is 4.79 Å². The van der Waals surface area contributed by atoms with Gasteiger partial charge in [0.15, 0.2) is 5.82 Å². The molecule has 0 bridgehead atoms. The fourth-order valence-electron chi connectivity index (χ4n) is 3.02. The number of hydrogen-bond donors (Lipinski definition) is 1. The predicted molar refractivity (Wildman–Crippen MR) is 122 cm³/mol. The molecule has 6 heteroatoms. The van der Waals surface area contributed by atoms with E-state index in [1.807, 2.05) is 42.5 Å². The molecule has 160 valence electrons. The molecule has 2 aromatic carbocycles. The van der Waals surface area contributed by atoms with Gasteiger partial charge in [0.05, 0.1) is 18.5 Å². The number of nitrogens with zero attached hydrogens (tertiary/aromatic N) is 2. The maximum atomic E-state index is 12.6. The van der Waals surface area contributed by atoms with Gasteiger partial charge in [0.1, 0.15) is 5.56 Å². The monoisotopic (exact) mass is 417 g/mol. The van der Waals surface area contributed by atoms with Crippen molar-refractivity contribution < 1.29 is 14.3 Å². The van der Waals surface area contributed by atoms with Crippen molar-refractivity contribution in [2.75, 3.05) is 11.9 Å². The van der Waals surface area contributed by atoms with Gasteiger partial charge in [-0.2, -0.15) is 5.10 Å². The Hall–Kier alpha value is -3.67. The van der Waals surface area contributed by atoms with Crippen molar-refractivity contribution in [3.63, 3.8) is 0 Å². The summed E-state index contributed by atoms with van der Waals surface area (Å²) in [5, 5.41) is 7.05. The van der Waals surface area contributed by atoms with E-state index in [1.54, 1.807) is 13.0 Å². The van der Waals surface area contributed by atoms with Gasteiger partial charge in [0, 0.05) is 6.08 Å². The number of carbonyl (C=O) groups is 2. The molecule has 0 aliphatic carbocycles. The number of amides is 1. The van der Waals surface area contributed by atoms with Gasteiger partial charge >= 0.3 is 5.97 Å². The highest BCUT2D eigenvalue weighted by Gasteiger charge is 2.21.